The fraction of sp³-hybridized carbons (Fsp3) is 0.389. The van der Waals surface area contributed by atoms with Gasteiger partial charge in [0, 0.05) is 6.08 Å². The maximum atomic E-state index is 12.9. The Labute approximate surface area is 126 Å². The zero-order valence-corrected chi connectivity index (χ0v) is 12.8. The van der Waals surface area contributed by atoms with Gasteiger partial charge in [0.25, 0.3) is 0 Å². The lowest BCUT2D eigenvalue weighted by molar-refractivity contribution is -0.137. The third-order valence-electron chi connectivity index (χ3n) is 3.01. The van der Waals surface area contributed by atoms with Crippen molar-refractivity contribution in [2.45, 2.75) is 39.5 Å². The highest BCUT2D eigenvalue weighted by molar-refractivity contribution is 5.82. The quantitative estimate of drug-likeness (QED) is 0.294. The molecular weight excluding hydrogens is 267 g/mol. The largest absolute Gasteiger partial charge is 0.463 e. The summed E-state index contributed by atoms with van der Waals surface area (Å²) in [6, 6.07) is 6.33. The third-order valence-corrected chi connectivity index (χ3v) is 3.01. The van der Waals surface area contributed by atoms with Crippen LogP contribution < -0.4 is 0 Å². The number of carbonyl (C=O) groups is 1. The molecule has 3 heteroatoms. The molecule has 0 unspecified atom stereocenters. The minimum atomic E-state index is -0.335. The number of benzene rings is 1. The molecule has 2 nitrogen and oxygen atoms in total. The molecule has 0 atom stereocenters. The zero-order chi connectivity index (χ0) is 15.5. The van der Waals surface area contributed by atoms with Gasteiger partial charge in [-0.3, -0.25) is 0 Å². The molecular formula is C18H23FO2. The van der Waals surface area contributed by atoms with Crippen LogP contribution in [0.3, 0.4) is 0 Å². The molecule has 0 fully saturated rings. The topological polar surface area (TPSA) is 26.3 Å². The van der Waals surface area contributed by atoms with Crippen molar-refractivity contribution in [3.63, 3.8) is 0 Å². The predicted octanol–water partition coefficient (Wildman–Crippen LogP) is 4.91. The molecule has 0 radical (unpaired) electrons. The summed E-state index contributed by atoms with van der Waals surface area (Å²) < 4.78 is 17.8. The van der Waals surface area contributed by atoms with Gasteiger partial charge in [-0.2, -0.15) is 0 Å². The van der Waals surface area contributed by atoms with E-state index in [1.54, 1.807) is 25.1 Å². The summed E-state index contributed by atoms with van der Waals surface area (Å²) in [5.41, 5.74) is 1.97. The number of esters is 1. The molecule has 0 amide bonds. The second kappa shape index (κ2) is 9.92. The highest BCUT2D eigenvalue weighted by Crippen LogP contribution is 2.15. The number of hydrogen-bond acceptors (Lipinski definition) is 2. The second-order valence-corrected chi connectivity index (χ2v) is 4.81. The van der Waals surface area contributed by atoms with E-state index in [1.165, 1.54) is 18.2 Å². The van der Waals surface area contributed by atoms with E-state index in [1.807, 2.05) is 6.08 Å². The van der Waals surface area contributed by atoms with Crippen molar-refractivity contribution >= 4 is 12.0 Å². The van der Waals surface area contributed by atoms with Crippen molar-refractivity contribution in [1.82, 2.24) is 0 Å². The summed E-state index contributed by atoms with van der Waals surface area (Å²) in [6.07, 6.45) is 9.46. The van der Waals surface area contributed by atoms with E-state index in [-0.39, 0.29) is 11.8 Å². The monoisotopic (exact) mass is 290 g/mol. The molecule has 0 bridgehead atoms. The fourth-order valence-electron chi connectivity index (χ4n) is 1.92. The average Bonchev–Trinajstić information content (AvgIpc) is 2.47. The van der Waals surface area contributed by atoms with Gasteiger partial charge in [-0.05, 0) is 43.0 Å². The van der Waals surface area contributed by atoms with E-state index in [0.29, 0.717) is 6.61 Å². The van der Waals surface area contributed by atoms with Crippen LogP contribution in [0, 0.1) is 5.82 Å². The van der Waals surface area contributed by atoms with Gasteiger partial charge in [-0.25, -0.2) is 9.18 Å². The highest BCUT2D eigenvalue weighted by atomic mass is 19.1. The summed E-state index contributed by atoms with van der Waals surface area (Å²) in [5, 5.41) is 0. The van der Waals surface area contributed by atoms with Crippen LogP contribution in [-0.4, -0.2) is 12.6 Å². The maximum Gasteiger partial charge on any atom is 0.330 e. The minimum Gasteiger partial charge on any atom is -0.463 e. The van der Waals surface area contributed by atoms with E-state index in [0.717, 1.165) is 36.8 Å². The Bertz CT molecular complexity index is 486. The fourth-order valence-corrected chi connectivity index (χ4v) is 1.92. The van der Waals surface area contributed by atoms with E-state index in [2.05, 4.69) is 6.92 Å². The Morgan fingerprint density at radius 1 is 1.14 bits per heavy atom. The molecule has 1 rings (SSSR count). The van der Waals surface area contributed by atoms with Crippen LogP contribution in [0.15, 0.2) is 42.0 Å². The molecule has 21 heavy (non-hydrogen) atoms. The molecule has 0 aromatic heterocycles. The molecule has 0 aliphatic rings. The van der Waals surface area contributed by atoms with Crippen molar-refractivity contribution in [3.05, 3.63) is 53.4 Å². The number of ether oxygens (including phenoxy) is 1. The number of halogens is 1. The molecule has 0 spiro atoms. The van der Waals surface area contributed by atoms with Crippen LogP contribution in [0.5, 0.6) is 0 Å². The first-order chi connectivity index (χ1) is 10.2. The standard InChI is InChI=1S/C18H23FO2/c1-3-5-6-7-15(10-13-18(20)21-4-2)14-16-8-11-17(19)12-9-16/h8-14H,3-7H2,1-2H3. The molecule has 0 aliphatic carbocycles. The summed E-state index contributed by atoms with van der Waals surface area (Å²) in [5.74, 6) is -0.584. The number of allylic oxidation sites excluding steroid dienone is 2. The Hall–Kier alpha value is -1.90. The van der Waals surface area contributed by atoms with Crippen molar-refractivity contribution < 1.29 is 13.9 Å². The van der Waals surface area contributed by atoms with Crippen molar-refractivity contribution in [3.8, 4) is 0 Å². The van der Waals surface area contributed by atoms with Crippen LogP contribution in [0.4, 0.5) is 4.39 Å². The molecule has 0 saturated carbocycles. The molecule has 1 aromatic carbocycles. The number of carbonyl (C=O) groups excluding carboxylic acids is 1. The van der Waals surface area contributed by atoms with Gasteiger partial charge in [0.2, 0.25) is 0 Å². The van der Waals surface area contributed by atoms with Crippen LogP contribution >= 0.6 is 0 Å². The van der Waals surface area contributed by atoms with Gasteiger partial charge in [0.05, 0.1) is 6.61 Å². The van der Waals surface area contributed by atoms with E-state index in [9.17, 15) is 9.18 Å². The van der Waals surface area contributed by atoms with Gasteiger partial charge in [0.1, 0.15) is 5.82 Å². The summed E-state index contributed by atoms with van der Waals surface area (Å²) >= 11 is 0. The summed E-state index contributed by atoms with van der Waals surface area (Å²) in [4.78, 5) is 11.4. The minimum absolute atomic E-state index is 0.248. The maximum absolute atomic E-state index is 12.9. The van der Waals surface area contributed by atoms with E-state index >= 15 is 0 Å². The van der Waals surface area contributed by atoms with Gasteiger partial charge in [-0.1, -0.05) is 44.1 Å². The Morgan fingerprint density at radius 3 is 2.48 bits per heavy atom. The SMILES string of the molecule is CCCCCC(C=CC(=O)OCC)=Cc1ccc(F)cc1. The van der Waals surface area contributed by atoms with E-state index in [4.69, 9.17) is 4.74 Å². The lowest BCUT2D eigenvalue weighted by Gasteiger charge is -2.03. The number of unbranched alkanes of at least 4 members (excludes halogenated alkanes) is 2. The molecule has 114 valence electrons. The number of rotatable bonds is 8. The Morgan fingerprint density at radius 2 is 1.86 bits per heavy atom. The second-order valence-electron chi connectivity index (χ2n) is 4.81. The molecule has 0 N–H and O–H groups in total. The lowest BCUT2D eigenvalue weighted by atomic mass is 10.0. The Balaban J connectivity index is 2.80. The zero-order valence-electron chi connectivity index (χ0n) is 12.8. The normalized spacial score (nSPS) is 11.9. The van der Waals surface area contributed by atoms with Gasteiger partial charge >= 0.3 is 5.97 Å². The van der Waals surface area contributed by atoms with Crippen LogP contribution in [0.2, 0.25) is 0 Å². The predicted molar refractivity (Wildman–Crippen MR) is 84.3 cm³/mol. The van der Waals surface area contributed by atoms with Gasteiger partial charge < -0.3 is 4.74 Å². The molecule has 0 aliphatic heterocycles. The van der Waals surface area contributed by atoms with Crippen molar-refractivity contribution in [2.75, 3.05) is 6.61 Å². The lowest BCUT2D eigenvalue weighted by Crippen LogP contribution is -1.99. The highest BCUT2D eigenvalue weighted by Gasteiger charge is 1.99. The van der Waals surface area contributed by atoms with Crippen LogP contribution in [0.1, 0.15) is 45.1 Å². The van der Waals surface area contributed by atoms with Crippen LogP contribution in [0.25, 0.3) is 6.08 Å². The Kier molecular flexibility index (Phi) is 8.10. The third kappa shape index (κ3) is 7.45. The molecule has 0 saturated heterocycles. The van der Waals surface area contributed by atoms with Crippen molar-refractivity contribution in [1.29, 1.82) is 0 Å². The molecule has 0 heterocycles. The van der Waals surface area contributed by atoms with E-state index < -0.39 is 0 Å². The smallest absolute Gasteiger partial charge is 0.330 e. The summed E-state index contributed by atoms with van der Waals surface area (Å²) in [7, 11) is 0. The first-order valence-electron chi connectivity index (χ1n) is 7.46. The van der Waals surface area contributed by atoms with Gasteiger partial charge in [-0.15, -0.1) is 0 Å². The number of hydrogen-bond donors (Lipinski definition) is 0. The van der Waals surface area contributed by atoms with Crippen molar-refractivity contribution in [2.24, 2.45) is 0 Å². The average molecular weight is 290 g/mol. The first kappa shape index (κ1) is 17.2. The van der Waals surface area contributed by atoms with Crippen LogP contribution in [-0.2, 0) is 9.53 Å². The summed E-state index contributed by atoms with van der Waals surface area (Å²) in [6.45, 7) is 4.30. The molecule has 1 aromatic rings. The van der Waals surface area contributed by atoms with Gasteiger partial charge in [0.15, 0.2) is 0 Å². The first-order valence-corrected chi connectivity index (χ1v) is 7.46.